The molecule has 1 aromatic heterocycles. The summed E-state index contributed by atoms with van der Waals surface area (Å²) >= 11 is 3.33. The second-order valence-electron chi connectivity index (χ2n) is 6.98. The van der Waals surface area contributed by atoms with Crippen LogP contribution in [0.2, 0.25) is 0 Å². The highest BCUT2D eigenvalue weighted by atomic mass is 79.9. The normalized spacial score (nSPS) is 26.2. The van der Waals surface area contributed by atoms with Crippen molar-refractivity contribution in [1.82, 2.24) is 10.3 Å². The van der Waals surface area contributed by atoms with Gasteiger partial charge >= 0.3 is 6.03 Å². The molecular formula is C15H14BrF2N3O2. The Labute approximate surface area is 139 Å². The number of hydrogen-bond donors (Lipinski definition) is 1. The maximum atomic E-state index is 13.1. The van der Waals surface area contributed by atoms with Gasteiger partial charge < -0.3 is 5.32 Å². The Kier molecular flexibility index (Phi) is 2.79. The minimum Gasteiger partial charge on any atom is -0.323 e. The number of imide groups is 1. The maximum absolute atomic E-state index is 13.1. The topological polar surface area (TPSA) is 62.3 Å². The minimum atomic E-state index is -2.63. The lowest BCUT2D eigenvalue weighted by Gasteiger charge is -2.60. The molecule has 2 heterocycles. The molecule has 1 aliphatic heterocycles. The van der Waals surface area contributed by atoms with Crippen molar-refractivity contribution < 1.29 is 18.4 Å². The zero-order valence-corrected chi connectivity index (χ0v) is 13.9. The number of alkyl halides is 2. The van der Waals surface area contributed by atoms with E-state index in [9.17, 15) is 18.4 Å². The van der Waals surface area contributed by atoms with Crippen LogP contribution in [0, 0.1) is 12.3 Å². The first-order valence-electron chi connectivity index (χ1n) is 7.32. The number of hydrogen-bond acceptors (Lipinski definition) is 3. The summed E-state index contributed by atoms with van der Waals surface area (Å²) < 4.78 is 27.0. The van der Waals surface area contributed by atoms with E-state index in [1.54, 1.807) is 13.1 Å². The summed E-state index contributed by atoms with van der Waals surface area (Å²) in [6.07, 6.45) is 3.24. The van der Waals surface area contributed by atoms with Gasteiger partial charge in [-0.3, -0.25) is 9.78 Å². The van der Waals surface area contributed by atoms with Crippen LogP contribution in [0.3, 0.4) is 0 Å². The van der Waals surface area contributed by atoms with Gasteiger partial charge in [0.1, 0.15) is 5.54 Å². The molecule has 3 fully saturated rings. The fourth-order valence-corrected chi connectivity index (χ4v) is 4.64. The molecule has 1 aromatic rings. The van der Waals surface area contributed by atoms with Crippen LogP contribution >= 0.6 is 15.9 Å². The average Bonchev–Trinajstić information content (AvgIpc) is 2.63. The molecule has 0 aromatic carbocycles. The maximum Gasteiger partial charge on any atom is 0.329 e. The number of aromatic nitrogens is 1. The van der Waals surface area contributed by atoms with Crippen molar-refractivity contribution in [3.05, 3.63) is 22.4 Å². The van der Waals surface area contributed by atoms with Crippen LogP contribution in [0.25, 0.3) is 0 Å². The molecule has 122 valence electrons. The second kappa shape index (κ2) is 4.28. The molecule has 0 bridgehead atoms. The molecule has 0 atom stereocenters. The van der Waals surface area contributed by atoms with Crippen LogP contribution in [-0.2, 0) is 4.79 Å². The zero-order valence-electron chi connectivity index (χ0n) is 12.3. The molecule has 1 saturated heterocycles. The summed E-state index contributed by atoms with van der Waals surface area (Å²) in [5, 5.41) is 2.71. The van der Waals surface area contributed by atoms with E-state index in [-0.39, 0.29) is 31.6 Å². The first-order chi connectivity index (χ1) is 10.7. The molecule has 4 rings (SSSR count). The smallest absolute Gasteiger partial charge is 0.323 e. The number of pyridine rings is 1. The summed E-state index contributed by atoms with van der Waals surface area (Å²) in [6.45, 7) is 1.78. The number of rotatable bonds is 1. The van der Waals surface area contributed by atoms with Crippen molar-refractivity contribution >= 4 is 33.6 Å². The first kappa shape index (κ1) is 15.0. The summed E-state index contributed by atoms with van der Waals surface area (Å²) in [7, 11) is 0. The Morgan fingerprint density at radius 3 is 2.48 bits per heavy atom. The summed E-state index contributed by atoms with van der Waals surface area (Å²) in [5.74, 6) is -3.00. The molecule has 3 aliphatic rings. The Morgan fingerprint density at radius 2 is 1.87 bits per heavy atom. The Hall–Kier alpha value is -1.57. The number of halogens is 3. The Morgan fingerprint density at radius 1 is 1.22 bits per heavy atom. The molecule has 2 aliphatic carbocycles. The molecule has 3 amide bonds. The third-order valence-corrected chi connectivity index (χ3v) is 5.95. The van der Waals surface area contributed by atoms with E-state index in [4.69, 9.17) is 0 Å². The van der Waals surface area contributed by atoms with Gasteiger partial charge in [0.2, 0.25) is 5.92 Å². The van der Waals surface area contributed by atoms with E-state index in [0.717, 1.165) is 10.5 Å². The molecule has 1 N–H and O–H groups in total. The van der Waals surface area contributed by atoms with Gasteiger partial charge in [-0.2, -0.15) is 0 Å². The summed E-state index contributed by atoms with van der Waals surface area (Å²) in [5.41, 5.74) is -0.376. The molecule has 2 spiro atoms. The van der Waals surface area contributed by atoms with E-state index in [2.05, 4.69) is 26.2 Å². The number of carbonyl (C=O) groups excluding carboxylic acids is 2. The predicted octanol–water partition coefficient (Wildman–Crippen LogP) is 3.16. The average molecular weight is 386 g/mol. The number of carbonyl (C=O) groups is 2. The van der Waals surface area contributed by atoms with Crippen molar-refractivity contribution in [3.63, 3.8) is 0 Å². The fourth-order valence-electron chi connectivity index (χ4n) is 4.32. The van der Waals surface area contributed by atoms with Gasteiger partial charge in [0, 0.05) is 23.5 Å². The van der Waals surface area contributed by atoms with E-state index in [1.165, 1.54) is 6.20 Å². The summed E-state index contributed by atoms with van der Waals surface area (Å²) in [6, 6.07) is -0.515. The van der Waals surface area contributed by atoms with Crippen molar-refractivity contribution in [2.75, 3.05) is 4.90 Å². The van der Waals surface area contributed by atoms with Gasteiger partial charge in [0.25, 0.3) is 5.91 Å². The third-order valence-electron chi connectivity index (χ3n) is 5.15. The molecule has 2 saturated carbocycles. The van der Waals surface area contributed by atoms with Gasteiger partial charge in [0.05, 0.1) is 11.9 Å². The molecular weight excluding hydrogens is 372 g/mol. The van der Waals surface area contributed by atoms with Gasteiger partial charge in [-0.1, -0.05) is 0 Å². The second-order valence-corrected chi connectivity index (χ2v) is 7.84. The van der Waals surface area contributed by atoms with E-state index in [1.807, 2.05) is 0 Å². The van der Waals surface area contributed by atoms with Crippen LogP contribution in [0.5, 0.6) is 0 Å². The van der Waals surface area contributed by atoms with E-state index >= 15 is 0 Å². The van der Waals surface area contributed by atoms with Crippen molar-refractivity contribution in [2.45, 2.75) is 44.1 Å². The van der Waals surface area contributed by atoms with Crippen LogP contribution in [0.4, 0.5) is 19.3 Å². The Bertz CT molecular complexity index is 736. The number of anilines is 1. The zero-order chi connectivity index (χ0) is 16.6. The van der Waals surface area contributed by atoms with E-state index < -0.39 is 22.9 Å². The van der Waals surface area contributed by atoms with Crippen LogP contribution < -0.4 is 10.2 Å². The largest absolute Gasteiger partial charge is 0.329 e. The first-order valence-corrected chi connectivity index (χ1v) is 8.11. The van der Waals surface area contributed by atoms with Gasteiger partial charge in [-0.05, 0) is 46.7 Å². The van der Waals surface area contributed by atoms with Crippen molar-refractivity contribution in [2.24, 2.45) is 5.41 Å². The lowest BCUT2D eigenvalue weighted by molar-refractivity contribution is -0.212. The molecule has 5 nitrogen and oxygen atoms in total. The SMILES string of the molecule is Cc1c(Br)cncc1N1C(=O)NC2(CC3(CC(F)(F)C3)C2)C1=O. The number of urea groups is 1. The number of nitrogens with one attached hydrogen (secondary N) is 1. The van der Waals surface area contributed by atoms with Gasteiger partial charge in [-0.25, -0.2) is 18.5 Å². The van der Waals surface area contributed by atoms with Crippen LogP contribution in [0.15, 0.2) is 16.9 Å². The van der Waals surface area contributed by atoms with E-state index in [0.29, 0.717) is 10.2 Å². The highest BCUT2D eigenvalue weighted by Crippen LogP contribution is 2.66. The molecule has 0 radical (unpaired) electrons. The minimum absolute atomic E-state index is 0.192. The lowest BCUT2D eigenvalue weighted by atomic mass is 9.47. The highest BCUT2D eigenvalue weighted by molar-refractivity contribution is 9.10. The Balaban J connectivity index is 1.60. The predicted molar refractivity (Wildman–Crippen MR) is 81.3 cm³/mol. The molecule has 23 heavy (non-hydrogen) atoms. The third kappa shape index (κ3) is 1.96. The van der Waals surface area contributed by atoms with Crippen molar-refractivity contribution in [3.8, 4) is 0 Å². The summed E-state index contributed by atoms with van der Waals surface area (Å²) in [4.78, 5) is 30.2. The fraction of sp³-hybridized carbons (Fsp3) is 0.533. The monoisotopic (exact) mass is 385 g/mol. The van der Waals surface area contributed by atoms with Crippen molar-refractivity contribution in [1.29, 1.82) is 0 Å². The standard InChI is InChI=1S/C15H14BrF2N3O2/c1-8-9(16)2-19-3-10(8)21-11(22)14(20-12(21)23)4-13(5-14)6-15(17,18)7-13/h2-3H,4-7H2,1H3,(H,20,23). The van der Waals surface area contributed by atoms with Crippen LogP contribution in [-0.4, -0.2) is 28.4 Å². The molecule has 8 heteroatoms. The quantitative estimate of drug-likeness (QED) is 0.755. The van der Waals surface area contributed by atoms with Crippen LogP contribution in [0.1, 0.15) is 31.2 Å². The van der Waals surface area contributed by atoms with Gasteiger partial charge in [-0.15, -0.1) is 0 Å². The highest BCUT2D eigenvalue weighted by Gasteiger charge is 2.72. The number of amides is 3. The lowest BCUT2D eigenvalue weighted by Crippen LogP contribution is -2.68. The molecule has 0 unspecified atom stereocenters. The van der Waals surface area contributed by atoms with Gasteiger partial charge in [0.15, 0.2) is 0 Å². The number of nitrogens with zero attached hydrogens (tertiary/aromatic N) is 2.